The molecule has 7 nitrogen and oxygen atoms in total. The summed E-state index contributed by atoms with van der Waals surface area (Å²) in [6, 6.07) is 6.52. The maximum atomic E-state index is 12.2. The Hall–Kier alpha value is -2.12. The number of rotatable bonds is 4. The van der Waals surface area contributed by atoms with E-state index in [0.29, 0.717) is 24.4 Å². The van der Waals surface area contributed by atoms with Crippen LogP contribution in [0.1, 0.15) is 10.4 Å². The van der Waals surface area contributed by atoms with E-state index in [4.69, 9.17) is 10.5 Å². The fourth-order valence-electron chi connectivity index (χ4n) is 2.19. The van der Waals surface area contributed by atoms with Gasteiger partial charge in [0, 0.05) is 44.8 Å². The van der Waals surface area contributed by atoms with Crippen LogP contribution in [0.25, 0.3) is 0 Å². The van der Waals surface area contributed by atoms with E-state index in [1.54, 1.807) is 23.1 Å². The van der Waals surface area contributed by atoms with Crippen molar-refractivity contribution in [3.8, 4) is 5.75 Å². The summed E-state index contributed by atoms with van der Waals surface area (Å²) in [7, 11) is 0. The van der Waals surface area contributed by atoms with Crippen molar-refractivity contribution >= 4 is 11.8 Å². The number of hydrogen-bond donors (Lipinski definition) is 3. The SMILES string of the molecule is NC(=O)c1cccc(OCC(=O)N2CCNCCNCC2)c1. The molecule has 1 aliphatic heterocycles. The monoisotopic (exact) mass is 306 g/mol. The van der Waals surface area contributed by atoms with Gasteiger partial charge in [0.1, 0.15) is 5.75 Å². The minimum atomic E-state index is -0.519. The van der Waals surface area contributed by atoms with Crippen LogP contribution in [-0.2, 0) is 4.79 Å². The van der Waals surface area contributed by atoms with Crippen LogP contribution in [-0.4, -0.2) is 62.6 Å². The molecule has 1 aromatic rings. The Morgan fingerprint density at radius 1 is 1.14 bits per heavy atom. The lowest BCUT2D eigenvalue weighted by Gasteiger charge is -2.22. The van der Waals surface area contributed by atoms with Crippen LogP contribution < -0.4 is 21.1 Å². The standard InChI is InChI=1S/C15H22N4O3/c16-15(21)12-2-1-3-13(10-12)22-11-14(20)19-8-6-17-4-5-18-7-9-19/h1-3,10,17-18H,4-9,11H2,(H2,16,21). The van der Waals surface area contributed by atoms with E-state index in [2.05, 4.69) is 10.6 Å². The van der Waals surface area contributed by atoms with E-state index in [1.165, 1.54) is 6.07 Å². The van der Waals surface area contributed by atoms with Crippen molar-refractivity contribution in [1.82, 2.24) is 15.5 Å². The van der Waals surface area contributed by atoms with E-state index >= 15 is 0 Å². The summed E-state index contributed by atoms with van der Waals surface area (Å²) in [6.45, 7) is 4.60. The molecule has 0 radical (unpaired) electrons. The molecule has 0 atom stereocenters. The van der Waals surface area contributed by atoms with Crippen molar-refractivity contribution in [1.29, 1.82) is 0 Å². The molecular formula is C15H22N4O3. The molecule has 22 heavy (non-hydrogen) atoms. The third kappa shape index (κ3) is 5.01. The second-order valence-corrected chi connectivity index (χ2v) is 5.06. The highest BCUT2D eigenvalue weighted by Crippen LogP contribution is 2.13. The molecule has 0 saturated carbocycles. The van der Waals surface area contributed by atoms with Crippen molar-refractivity contribution < 1.29 is 14.3 Å². The smallest absolute Gasteiger partial charge is 0.260 e. The first-order valence-corrected chi connectivity index (χ1v) is 7.38. The lowest BCUT2D eigenvalue weighted by Crippen LogP contribution is -2.41. The number of nitrogens with zero attached hydrogens (tertiary/aromatic N) is 1. The highest BCUT2D eigenvalue weighted by atomic mass is 16.5. The Morgan fingerprint density at radius 3 is 2.45 bits per heavy atom. The van der Waals surface area contributed by atoms with Crippen molar-refractivity contribution in [3.63, 3.8) is 0 Å². The molecule has 1 aliphatic rings. The molecule has 0 bridgehead atoms. The van der Waals surface area contributed by atoms with E-state index in [0.717, 1.165) is 26.2 Å². The molecule has 0 aromatic heterocycles. The topological polar surface area (TPSA) is 96.7 Å². The van der Waals surface area contributed by atoms with Crippen LogP contribution >= 0.6 is 0 Å². The van der Waals surface area contributed by atoms with Gasteiger partial charge in [0.25, 0.3) is 5.91 Å². The Morgan fingerprint density at radius 2 is 1.82 bits per heavy atom. The van der Waals surface area contributed by atoms with Crippen molar-refractivity contribution in [2.45, 2.75) is 0 Å². The van der Waals surface area contributed by atoms with Gasteiger partial charge in [0.05, 0.1) is 0 Å². The van der Waals surface area contributed by atoms with Crippen LogP contribution in [0.2, 0.25) is 0 Å². The summed E-state index contributed by atoms with van der Waals surface area (Å²) in [4.78, 5) is 25.1. The van der Waals surface area contributed by atoms with Gasteiger partial charge in [-0.25, -0.2) is 0 Å². The van der Waals surface area contributed by atoms with E-state index in [-0.39, 0.29) is 12.5 Å². The summed E-state index contributed by atoms with van der Waals surface area (Å²) in [5.74, 6) is -0.130. The minimum absolute atomic E-state index is 0.0534. The van der Waals surface area contributed by atoms with E-state index in [1.807, 2.05) is 0 Å². The number of nitrogens with one attached hydrogen (secondary N) is 2. The summed E-state index contributed by atoms with van der Waals surface area (Å²) in [6.07, 6.45) is 0. The molecule has 1 heterocycles. The average Bonchev–Trinajstić information content (AvgIpc) is 2.66. The quantitative estimate of drug-likeness (QED) is 0.676. The number of nitrogens with two attached hydrogens (primary N) is 1. The zero-order valence-corrected chi connectivity index (χ0v) is 12.5. The third-order valence-electron chi connectivity index (χ3n) is 3.43. The molecule has 0 unspecified atom stereocenters. The van der Waals surface area contributed by atoms with Crippen LogP contribution in [0.5, 0.6) is 5.75 Å². The molecule has 2 amide bonds. The van der Waals surface area contributed by atoms with Crippen LogP contribution in [0.4, 0.5) is 0 Å². The van der Waals surface area contributed by atoms with Gasteiger partial charge in [-0.3, -0.25) is 9.59 Å². The van der Waals surface area contributed by atoms with Gasteiger partial charge in [0.15, 0.2) is 6.61 Å². The number of ether oxygens (including phenoxy) is 1. The van der Waals surface area contributed by atoms with Gasteiger partial charge in [0.2, 0.25) is 5.91 Å². The zero-order valence-electron chi connectivity index (χ0n) is 12.5. The number of amides is 2. The van der Waals surface area contributed by atoms with Gasteiger partial charge in [-0.1, -0.05) is 6.07 Å². The van der Waals surface area contributed by atoms with Crippen molar-refractivity contribution in [2.24, 2.45) is 5.73 Å². The van der Waals surface area contributed by atoms with E-state index < -0.39 is 5.91 Å². The van der Waals surface area contributed by atoms with Gasteiger partial charge in [-0.05, 0) is 18.2 Å². The first-order valence-electron chi connectivity index (χ1n) is 7.38. The molecule has 0 aliphatic carbocycles. The van der Waals surface area contributed by atoms with Crippen LogP contribution in [0.15, 0.2) is 24.3 Å². The number of carbonyl (C=O) groups is 2. The molecule has 1 saturated heterocycles. The maximum absolute atomic E-state index is 12.2. The fraction of sp³-hybridized carbons (Fsp3) is 0.467. The molecule has 120 valence electrons. The lowest BCUT2D eigenvalue weighted by molar-refractivity contribution is -0.133. The van der Waals surface area contributed by atoms with E-state index in [9.17, 15) is 9.59 Å². The highest BCUT2D eigenvalue weighted by Gasteiger charge is 2.14. The number of primary amides is 1. The second-order valence-electron chi connectivity index (χ2n) is 5.06. The van der Waals surface area contributed by atoms with Gasteiger partial charge < -0.3 is 26.0 Å². The van der Waals surface area contributed by atoms with Crippen molar-refractivity contribution in [3.05, 3.63) is 29.8 Å². The maximum Gasteiger partial charge on any atom is 0.260 e. The summed E-state index contributed by atoms with van der Waals surface area (Å²) >= 11 is 0. The van der Waals surface area contributed by atoms with Crippen LogP contribution in [0.3, 0.4) is 0 Å². The largest absolute Gasteiger partial charge is 0.484 e. The minimum Gasteiger partial charge on any atom is -0.484 e. The molecular weight excluding hydrogens is 284 g/mol. The first kappa shape index (κ1) is 16.3. The number of benzene rings is 1. The molecule has 0 spiro atoms. The lowest BCUT2D eigenvalue weighted by atomic mass is 10.2. The first-order chi connectivity index (χ1) is 10.7. The Labute approximate surface area is 129 Å². The van der Waals surface area contributed by atoms with Gasteiger partial charge >= 0.3 is 0 Å². The number of carbonyl (C=O) groups excluding carboxylic acids is 2. The predicted octanol–water partition coefficient (Wildman–Crippen LogP) is -0.814. The Kier molecular flexibility index (Phi) is 6.17. The molecule has 1 fully saturated rings. The predicted molar refractivity (Wildman–Crippen MR) is 82.8 cm³/mol. The Bertz CT molecular complexity index is 511. The summed E-state index contributed by atoms with van der Waals surface area (Å²) < 4.78 is 5.48. The van der Waals surface area contributed by atoms with Crippen LogP contribution in [0, 0.1) is 0 Å². The van der Waals surface area contributed by atoms with Crippen molar-refractivity contribution in [2.75, 3.05) is 45.9 Å². The Balaban J connectivity index is 1.87. The second kappa shape index (κ2) is 8.35. The highest BCUT2D eigenvalue weighted by molar-refractivity contribution is 5.93. The molecule has 2 rings (SSSR count). The molecule has 1 aromatic carbocycles. The fourth-order valence-corrected chi connectivity index (χ4v) is 2.19. The summed E-state index contributed by atoms with van der Waals surface area (Å²) in [5.41, 5.74) is 5.58. The summed E-state index contributed by atoms with van der Waals surface area (Å²) in [5, 5.41) is 6.51. The normalized spacial score (nSPS) is 16.3. The third-order valence-corrected chi connectivity index (χ3v) is 3.43. The van der Waals surface area contributed by atoms with Gasteiger partial charge in [-0.2, -0.15) is 0 Å². The zero-order chi connectivity index (χ0) is 15.8. The average molecular weight is 306 g/mol. The van der Waals surface area contributed by atoms with Gasteiger partial charge in [-0.15, -0.1) is 0 Å². The molecule has 7 heteroatoms. The number of hydrogen-bond acceptors (Lipinski definition) is 5. The molecule has 4 N–H and O–H groups in total.